The minimum atomic E-state index is 0.431. The van der Waals surface area contributed by atoms with Gasteiger partial charge in [0.25, 0.3) is 6.47 Å². The van der Waals surface area contributed by atoms with Crippen molar-refractivity contribution in [3.05, 3.63) is 0 Å². The summed E-state index contributed by atoms with van der Waals surface area (Å²) in [6.45, 7) is 6.95. The SMILES string of the molecule is CCCCN1CN=CS1.CCOC=O. The van der Waals surface area contributed by atoms with Gasteiger partial charge in [-0.2, -0.15) is 0 Å². The Morgan fingerprint density at radius 2 is 2.43 bits per heavy atom. The quantitative estimate of drug-likeness (QED) is 0.522. The monoisotopic (exact) mass is 218 g/mol. The maximum atomic E-state index is 9.18. The third kappa shape index (κ3) is 8.07. The first-order valence-corrected chi connectivity index (χ1v) is 5.64. The Labute approximate surface area is 89.8 Å². The second kappa shape index (κ2) is 10.5. The zero-order valence-corrected chi connectivity index (χ0v) is 9.63. The standard InChI is InChI=1S/C6H12N2S.C3H6O2/c1-2-3-4-8-5-7-6-9-8;1-2-5-3-4/h6H,2-5H2,1H3;3H,2H2,1H3. The second-order valence-corrected chi connectivity index (χ2v) is 3.58. The number of ether oxygens (including phenoxy) is 1. The lowest BCUT2D eigenvalue weighted by molar-refractivity contribution is -0.128. The molecule has 0 radical (unpaired) electrons. The van der Waals surface area contributed by atoms with Gasteiger partial charge in [0.2, 0.25) is 0 Å². The molecule has 0 atom stereocenters. The molecule has 0 aliphatic carbocycles. The van der Waals surface area contributed by atoms with Gasteiger partial charge >= 0.3 is 0 Å². The molecule has 0 saturated carbocycles. The van der Waals surface area contributed by atoms with Crippen LogP contribution in [0.15, 0.2) is 4.99 Å². The molecule has 82 valence electrons. The number of hydrogen-bond acceptors (Lipinski definition) is 5. The number of aliphatic imine (C=N–C) groups is 1. The van der Waals surface area contributed by atoms with Gasteiger partial charge < -0.3 is 4.74 Å². The third-order valence-corrected chi connectivity index (χ3v) is 2.35. The lowest BCUT2D eigenvalue weighted by Gasteiger charge is -2.09. The van der Waals surface area contributed by atoms with E-state index >= 15 is 0 Å². The zero-order valence-electron chi connectivity index (χ0n) is 8.81. The highest BCUT2D eigenvalue weighted by atomic mass is 32.2. The van der Waals surface area contributed by atoms with Crippen LogP contribution in [0, 0.1) is 0 Å². The van der Waals surface area contributed by atoms with Crippen LogP contribution in [0.4, 0.5) is 0 Å². The molecule has 0 spiro atoms. The van der Waals surface area contributed by atoms with Crippen molar-refractivity contribution in [1.29, 1.82) is 0 Å². The summed E-state index contributed by atoms with van der Waals surface area (Å²) in [5.74, 6) is 0. The van der Waals surface area contributed by atoms with E-state index in [1.807, 2.05) is 5.55 Å². The predicted molar refractivity (Wildman–Crippen MR) is 60.3 cm³/mol. The van der Waals surface area contributed by atoms with Gasteiger partial charge in [0.15, 0.2) is 0 Å². The first kappa shape index (κ1) is 13.4. The zero-order chi connectivity index (χ0) is 10.6. The van der Waals surface area contributed by atoms with Crippen molar-refractivity contribution in [2.24, 2.45) is 4.99 Å². The summed E-state index contributed by atoms with van der Waals surface area (Å²) >= 11 is 1.72. The van der Waals surface area contributed by atoms with Crippen LogP contribution < -0.4 is 0 Å². The predicted octanol–water partition coefficient (Wildman–Crippen LogP) is 1.92. The van der Waals surface area contributed by atoms with Gasteiger partial charge in [-0.25, -0.2) is 4.31 Å². The van der Waals surface area contributed by atoms with Crippen molar-refractivity contribution in [2.45, 2.75) is 26.7 Å². The summed E-state index contributed by atoms with van der Waals surface area (Å²) < 4.78 is 6.42. The van der Waals surface area contributed by atoms with Gasteiger partial charge in [-0.15, -0.1) is 0 Å². The van der Waals surface area contributed by atoms with Crippen molar-refractivity contribution in [1.82, 2.24) is 4.31 Å². The molecule has 14 heavy (non-hydrogen) atoms. The molecule has 0 fully saturated rings. The molecule has 0 saturated heterocycles. The summed E-state index contributed by atoms with van der Waals surface area (Å²) in [6, 6.07) is 0. The minimum absolute atomic E-state index is 0.431. The van der Waals surface area contributed by atoms with Crippen molar-refractivity contribution >= 4 is 24.0 Å². The molecule has 0 aromatic rings. The van der Waals surface area contributed by atoms with Crippen LogP contribution in [-0.2, 0) is 9.53 Å². The number of nitrogens with zero attached hydrogens (tertiary/aromatic N) is 2. The summed E-state index contributed by atoms with van der Waals surface area (Å²) in [7, 11) is 0. The van der Waals surface area contributed by atoms with Crippen molar-refractivity contribution in [3.8, 4) is 0 Å². The van der Waals surface area contributed by atoms with Crippen LogP contribution >= 0.6 is 11.9 Å². The molecule has 0 aromatic carbocycles. The molecule has 1 aliphatic heterocycles. The molecular formula is C9H18N2O2S. The normalized spacial score (nSPS) is 14.7. The molecule has 1 aliphatic rings. The van der Waals surface area contributed by atoms with Crippen molar-refractivity contribution in [3.63, 3.8) is 0 Å². The molecule has 0 amide bonds. The highest BCUT2D eigenvalue weighted by Crippen LogP contribution is 2.12. The van der Waals surface area contributed by atoms with E-state index in [1.165, 1.54) is 19.4 Å². The molecule has 5 heteroatoms. The number of carbonyl (C=O) groups is 1. The summed E-state index contributed by atoms with van der Waals surface area (Å²) in [5, 5.41) is 0. The topological polar surface area (TPSA) is 41.9 Å². The number of rotatable bonds is 5. The lowest BCUT2D eigenvalue weighted by atomic mass is 10.3. The average molecular weight is 218 g/mol. The molecule has 0 bridgehead atoms. The second-order valence-electron chi connectivity index (χ2n) is 2.65. The van der Waals surface area contributed by atoms with Crippen molar-refractivity contribution in [2.75, 3.05) is 19.8 Å². The molecule has 0 aromatic heterocycles. The summed E-state index contributed by atoms with van der Waals surface area (Å²) in [6.07, 6.45) is 2.56. The van der Waals surface area contributed by atoms with E-state index in [1.54, 1.807) is 18.9 Å². The van der Waals surface area contributed by atoms with E-state index in [9.17, 15) is 4.79 Å². The Kier molecular flexibility index (Phi) is 10.1. The summed E-state index contributed by atoms with van der Waals surface area (Å²) in [4.78, 5) is 13.3. The highest BCUT2D eigenvalue weighted by Gasteiger charge is 2.05. The Bertz CT molecular complexity index is 157. The Morgan fingerprint density at radius 3 is 2.79 bits per heavy atom. The van der Waals surface area contributed by atoms with Crippen molar-refractivity contribution < 1.29 is 9.53 Å². The fraction of sp³-hybridized carbons (Fsp3) is 0.778. The minimum Gasteiger partial charge on any atom is -0.468 e. The van der Waals surface area contributed by atoms with Crippen LogP contribution in [0.5, 0.6) is 0 Å². The maximum Gasteiger partial charge on any atom is 0.293 e. The van der Waals surface area contributed by atoms with Gasteiger partial charge in [0.05, 0.1) is 12.2 Å². The van der Waals surface area contributed by atoms with Gasteiger partial charge in [0.1, 0.15) is 6.67 Å². The van der Waals surface area contributed by atoms with Gasteiger partial charge in [0, 0.05) is 6.54 Å². The fourth-order valence-corrected chi connectivity index (χ4v) is 1.42. The van der Waals surface area contributed by atoms with Crippen LogP contribution in [-0.4, -0.2) is 36.1 Å². The van der Waals surface area contributed by atoms with E-state index in [4.69, 9.17) is 0 Å². The first-order valence-electron chi connectivity index (χ1n) is 4.80. The molecule has 1 rings (SSSR count). The molecule has 0 N–H and O–H groups in total. The van der Waals surface area contributed by atoms with Crippen LogP contribution in [0.25, 0.3) is 0 Å². The lowest BCUT2D eigenvalue weighted by Crippen LogP contribution is -2.12. The summed E-state index contributed by atoms with van der Waals surface area (Å²) in [5.41, 5.74) is 1.91. The smallest absolute Gasteiger partial charge is 0.293 e. The van der Waals surface area contributed by atoms with E-state index < -0.39 is 0 Å². The first-order chi connectivity index (χ1) is 6.85. The molecule has 4 nitrogen and oxygen atoms in total. The number of carbonyl (C=O) groups excluding carboxylic acids is 1. The molecular weight excluding hydrogens is 200 g/mol. The molecule has 1 heterocycles. The Balaban J connectivity index is 0.000000292. The number of hydrogen-bond donors (Lipinski definition) is 0. The van der Waals surface area contributed by atoms with E-state index in [0.717, 1.165) is 6.67 Å². The van der Waals surface area contributed by atoms with E-state index in [2.05, 4.69) is 21.0 Å². The van der Waals surface area contributed by atoms with E-state index in [-0.39, 0.29) is 0 Å². The van der Waals surface area contributed by atoms with Crippen LogP contribution in [0.2, 0.25) is 0 Å². The van der Waals surface area contributed by atoms with Gasteiger partial charge in [-0.3, -0.25) is 9.79 Å². The highest BCUT2D eigenvalue weighted by molar-refractivity contribution is 8.10. The van der Waals surface area contributed by atoms with Crippen LogP contribution in [0.3, 0.4) is 0 Å². The Morgan fingerprint density at radius 1 is 1.64 bits per heavy atom. The number of unbranched alkanes of at least 4 members (excludes halogenated alkanes) is 1. The van der Waals surface area contributed by atoms with Gasteiger partial charge in [-0.05, 0) is 25.3 Å². The third-order valence-electron chi connectivity index (χ3n) is 1.51. The largest absolute Gasteiger partial charge is 0.468 e. The fourth-order valence-electron chi connectivity index (χ4n) is 0.784. The van der Waals surface area contributed by atoms with E-state index in [0.29, 0.717) is 13.1 Å². The van der Waals surface area contributed by atoms with Gasteiger partial charge in [-0.1, -0.05) is 13.3 Å². The maximum absolute atomic E-state index is 9.18. The van der Waals surface area contributed by atoms with Crippen LogP contribution in [0.1, 0.15) is 26.7 Å². The molecule has 0 unspecified atom stereocenters. The Hall–Kier alpha value is -0.550. The average Bonchev–Trinajstić information content (AvgIpc) is 2.69.